The van der Waals surface area contributed by atoms with Crippen molar-refractivity contribution in [3.05, 3.63) is 23.3 Å². The summed E-state index contributed by atoms with van der Waals surface area (Å²) in [5.74, 6) is 0. The van der Waals surface area contributed by atoms with E-state index in [4.69, 9.17) is 47.4 Å². The number of fused-ring (bicyclic) bond motifs is 2. The minimum atomic E-state index is -0.767. The molecule has 2 N–H and O–H groups in total. The predicted molar refractivity (Wildman–Crippen MR) is 371 cm³/mol. The molecular formula is C76H144N2O10. The van der Waals surface area contributed by atoms with Crippen LogP contribution in [-0.4, -0.2) is 118 Å². The fourth-order valence-electron chi connectivity index (χ4n) is 13.6. The number of unbranched alkanes of at least 4 members (excludes halogenated alkanes) is 36. The summed E-state index contributed by atoms with van der Waals surface area (Å²) in [7, 11) is 3.40. The summed E-state index contributed by atoms with van der Waals surface area (Å²) >= 11 is 0. The topological polar surface area (TPSA) is 116 Å². The van der Waals surface area contributed by atoms with Gasteiger partial charge in [-0.3, -0.25) is 0 Å². The Morgan fingerprint density at radius 1 is 0.284 bits per heavy atom. The second kappa shape index (κ2) is 53.8. The number of ether oxygens (including phenoxy) is 10. The van der Waals surface area contributed by atoms with Gasteiger partial charge in [-0.1, -0.05) is 285 Å². The van der Waals surface area contributed by atoms with Gasteiger partial charge in [0.15, 0.2) is 11.4 Å². The first-order chi connectivity index (χ1) is 43.2. The second-order valence-corrected chi connectivity index (χ2v) is 27.1. The molecule has 0 spiro atoms. The van der Waals surface area contributed by atoms with E-state index in [-0.39, 0.29) is 0 Å². The Labute approximate surface area is 543 Å². The van der Waals surface area contributed by atoms with Gasteiger partial charge in [-0.05, 0) is 51.7 Å². The van der Waals surface area contributed by atoms with Gasteiger partial charge in [-0.2, -0.15) is 0 Å². The first-order valence-corrected chi connectivity index (χ1v) is 37.8. The molecule has 12 nitrogen and oxygen atoms in total. The zero-order chi connectivity index (χ0) is 63.2. The highest BCUT2D eigenvalue weighted by Crippen LogP contribution is 2.54. The van der Waals surface area contributed by atoms with Crippen molar-refractivity contribution in [2.24, 2.45) is 0 Å². The quantitative estimate of drug-likeness (QED) is 0.0605. The van der Waals surface area contributed by atoms with Crippen molar-refractivity contribution in [2.75, 3.05) is 117 Å². The minimum Gasteiger partial charge on any atom is -0.382 e. The van der Waals surface area contributed by atoms with Crippen molar-refractivity contribution in [3.8, 4) is 0 Å². The summed E-state index contributed by atoms with van der Waals surface area (Å²) in [4.78, 5) is 0. The van der Waals surface area contributed by atoms with Gasteiger partial charge in [0.25, 0.3) is 0 Å². The van der Waals surface area contributed by atoms with E-state index in [9.17, 15) is 0 Å². The molecule has 0 fully saturated rings. The summed E-state index contributed by atoms with van der Waals surface area (Å²) in [6.07, 6.45) is 56.3. The molecule has 2 aliphatic rings. The van der Waals surface area contributed by atoms with E-state index in [2.05, 4.69) is 64.3 Å². The molecule has 1 aromatic carbocycles. The van der Waals surface area contributed by atoms with Crippen LogP contribution in [0.15, 0.2) is 12.1 Å². The number of rotatable bonds is 66. The zero-order valence-corrected chi connectivity index (χ0v) is 59.2. The standard InChI is InChI=1S/C76H144N2O10/c1-9-13-17-21-25-29-33-37-41-45-49-75(50-46-42-38-34-30-26-22-18-14-10-2)69-65-70-72(66-71(69)77-73(5,87-75)67-85-63-61-83-59-57-81-55-53-79-7)78-74(6,68-86-64-62-84-60-58-82-56-54-80-8)88-76(70,51-47-43-39-35-31-27-23-19-15-11-3)52-48-44-40-36-32-28-24-20-16-12-4/h65-66,77-78H,9-64,67-68H2,1-8H3. The summed E-state index contributed by atoms with van der Waals surface area (Å²) in [5.41, 5.74) is 2.42. The Bertz CT molecular complexity index is 1560. The molecule has 3 rings (SSSR count). The van der Waals surface area contributed by atoms with Crippen LogP contribution in [0.2, 0.25) is 0 Å². The van der Waals surface area contributed by atoms with Gasteiger partial charge < -0.3 is 58.0 Å². The maximum absolute atomic E-state index is 7.87. The van der Waals surface area contributed by atoms with Crippen molar-refractivity contribution in [1.82, 2.24) is 0 Å². The molecule has 2 aliphatic heterocycles. The fourth-order valence-corrected chi connectivity index (χ4v) is 13.6. The van der Waals surface area contributed by atoms with Gasteiger partial charge in [-0.15, -0.1) is 0 Å². The van der Waals surface area contributed by atoms with Crippen LogP contribution in [0.4, 0.5) is 11.4 Å². The molecule has 12 heteroatoms. The largest absolute Gasteiger partial charge is 0.382 e. The third-order valence-corrected chi connectivity index (χ3v) is 18.6. The van der Waals surface area contributed by atoms with Gasteiger partial charge in [-0.25, -0.2) is 0 Å². The number of hydrogen-bond acceptors (Lipinski definition) is 12. The second-order valence-electron chi connectivity index (χ2n) is 27.1. The first kappa shape index (κ1) is 80.7. The molecule has 0 bridgehead atoms. The van der Waals surface area contributed by atoms with Crippen LogP contribution in [0.25, 0.3) is 0 Å². The van der Waals surface area contributed by atoms with Gasteiger partial charge in [0.2, 0.25) is 0 Å². The summed E-state index contributed by atoms with van der Waals surface area (Å²) in [6, 6.07) is 5.07. The molecular weight excluding hydrogens is 1100 g/mol. The van der Waals surface area contributed by atoms with Crippen molar-refractivity contribution < 1.29 is 47.4 Å². The maximum Gasteiger partial charge on any atom is 0.160 e. The van der Waals surface area contributed by atoms with Crippen molar-refractivity contribution >= 4 is 11.4 Å². The number of benzene rings is 1. The average molecular weight is 1250 g/mol. The monoisotopic (exact) mass is 1250 g/mol. The molecule has 1 aromatic rings. The van der Waals surface area contributed by atoms with Crippen LogP contribution in [0, 0.1) is 0 Å². The van der Waals surface area contributed by atoms with E-state index < -0.39 is 22.7 Å². The Balaban J connectivity index is 2.10. The maximum atomic E-state index is 7.87. The molecule has 0 amide bonds. The molecule has 2 atom stereocenters. The molecule has 0 aliphatic carbocycles. The van der Waals surface area contributed by atoms with Gasteiger partial charge in [0.1, 0.15) is 0 Å². The molecule has 0 radical (unpaired) electrons. The highest BCUT2D eigenvalue weighted by atomic mass is 16.6. The van der Waals surface area contributed by atoms with E-state index in [0.717, 1.165) is 62.7 Å². The molecule has 2 heterocycles. The first-order valence-electron chi connectivity index (χ1n) is 37.8. The van der Waals surface area contributed by atoms with Crippen molar-refractivity contribution in [2.45, 2.75) is 347 Å². The van der Waals surface area contributed by atoms with Gasteiger partial charge in [0, 0.05) is 36.7 Å². The Morgan fingerprint density at radius 2 is 0.500 bits per heavy atom. The average Bonchev–Trinajstić information content (AvgIpc) is 0.732. The lowest BCUT2D eigenvalue weighted by atomic mass is 9.75. The predicted octanol–water partition coefficient (Wildman–Crippen LogP) is 21.0. The molecule has 0 aromatic heterocycles. The normalized spacial score (nSPS) is 17.7. The molecule has 2 unspecified atom stereocenters. The third-order valence-electron chi connectivity index (χ3n) is 18.6. The molecule has 0 saturated carbocycles. The lowest BCUT2D eigenvalue weighted by Gasteiger charge is -2.52. The smallest absolute Gasteiger partial charge is 0.160 e. The lowest BCUT2D eigenvalue weighted by molar-refractivity contribution is -0.186. The number of anilines is 2. The van der Waals surface area contributed by atoms with Crippen LogP contribution in [0.1, 0.15) is 335 Å². The van der Waals surface area contributed by atoms with Crippen LogP contribution in [0.3, 0.4) is 0 Å². The highest BCUT2D eigenvalue weighted by Gasteiger charge is 2.51. The summed E-state index contributed by atoms with van der Waals surface area (Å²) in [6.45, 7) is 20.9. The minimum absolute atomic E-state index is 0.403. The van der Waals surface area contributed by atoms with E-state index >= 15 is 0 Å². The van der Waals surface area contributed by atoms with Crippen LogP contribution in [-0.2, 0) is 58.6 Å². The van der Waals surface area contributed by atoms with E-state index in [1.165, 1.54) is 242 Å². The third kappa shape index (κ3) is 36.8. The van der Waals surface area contributed by atoms with Gasteiger partial charge >= 0.3 is 0 Å². The van der Waals surface area contributed by atoms with Crippen LogP contribution in [0.5, 0.6) is 0 Å². The summed E-state index contributed by atoms with van der Waals surface area (Å²) in [5, 5.41) is 8.08. The molecule has 88 heavy (non-hydrogen) atoms. The van der Waals surface area contributed by atoms with Crippen LogP contribution < -0.4 is 10.6 Å². The lowest BCUT2D eigenvalue weighted by Crippen LogP contribution is -2.55. The van der Waals surface area contributed by atoms with E-state index in [1.54, 1.807) is 14.2 Å². The number of hydrogen-bond donors (Lipinski definition) is 2. The zero-order valence-electron chi connectivity index (χ0n) is 59.2. The van der Waals surface area contributed by atoms with E-state index in [0.29, 0.717) is 92.5 Å². The van der Waals surface area contributed by atoms with Gasteiger partial charge in [0.05, 0.1) is 104 Å². The number of methoxy groups -OCH3 is 2. The molecule has 0 saturated heterocycles. The van der Waals surface area contributed by atoms with Crippen molar-refractivity contribution in [3.63, 3.8) is 0 Å². The van der Waals surface area contributed by atoms with Crippen molar-refractivity contribution in [1.29, 1.82) is 0 Å². The summed E-state index contributed by atoms with van der Waals surface area (Å²) < 4.78 is 62.5. The number of nitrogens with one attached hydrogen (secondary N) is 2. The fraction of sp³-hybridized carbons (Fsp3) is 0.921. The SMILES string of the molecule is CCCCCCCCCCCCC1(CCCCCCCCCCCC)OC(C)(COCCOCCOCCOC)Nc2cc3c(cc21)C(CCCCCCCCCCCC)(CCCCCCCCCCCC)OC(C)(COCCOCCOCCOC)N3. The Kier molecular flexibility index (Phi) is 49.3. The van der Waals surface area contributed by atoms with Crippen LogP contribution >= 0.6 is 0 Å². The Hall–Kier alpha value is -1.58. The highest BCUT2D eigenvalue weighted by molar-refractivity contribution is 5.71. The Morgan fingerprint density at radius 3 is 0.739 bits per heavy atom. The molecule has 518 valence electrons. The van der Waals surface area contributed by atoms with E-state index in [1.807, 2.05) is 0 Å².